The Morgan fingerprint density at radius 1 is 1.05 bits per heavy atom. The van der Waals surface area contributed by atoms with Gasteiger partial charge >= 0.3 is 6.03 Å². The lowest BCUT2D eigenvalue weighted by molar-refractivity contribution is 0.162. The van der Waals surface area contributed by atoms with Crippen molar-refractivity contribution in [3.8, 4) is 0 Å². The van der Waals surface area contributed by atoms with Crippen LogP contribution in [0.1, 0.15) is 38.7 Å². The van der Waals surface area contributed by atoms with E-state index in [1.165, 1.54) is 34.3 Å². The fourth-order valence-corrected chi connectivity index (χ4v) is 7.31. The molecule has 0 aliphatic carbocycles. The second kappa shape index (κ2) is 13.3. The number of amides is 2. The first kappa shape index (κ1) is 30.3. The van der Waals surface area contributed by atoms with Gasteiger partial charge in [0.1, 0.15) is 11.6 Å². The monoisotopic (exact) mass is 607 g/mol. The highest BCUT2D eigenvalue weighted by molar-refractivity contribution is 7.99. The molecule has 0 bridgehead atoms. The second-order valence-corrected chi connectivity index (χ2v) is 13.0. The smallest absolute Gasteiger partial charge is 0.321 e. The van der Waals surface area contributed by atoms with Crippen LogP contribution in [0.4, 0.5) is 19.3 Å². The molecule has 0 aromatic heterocycles. The summed E-state index contributed by atoms with van der Waals surface area (Å²) in [6.07, 6.45) is 2.46. The van der Waals surface area contributed by atoms with E-state index in [1.807, 2.05) is 12.1 Å². The molecule has 1 heterocycles. The number of rotatable bonds is 9. The third-order valence-corrected chi connectivity index (χ3v) is 10.3. The zero-order valence-electron chi connectivity index (χ0n) is 22.4. The zero-order chi connectivity index (χ0) is 28.9. The third kappa shape index (κ3) is 7.15. The molecule has 1 N–H and O–H groups in total. The van der Waals surface area contributed by atoms with Crippen LogP contribution in [0, 0.1) is 11.6 Å². The van der Waals surface area contributed by atoms with Crippen LogP contribution in [0.3, 0.4) is 0 Å². The summed E-state index contributed by atoms with van der Waals surface area (Å²) in [4.78, 5) is 16.9. The summed E-state index contributed by atoms with van der Waals surface area (Å²) >= 11 is 7.40. The van der Waals surface area contributed by atoms with E-state index in [9.17, 15) is 22.0 Å². The van der Waals surface area contributed by atoms with Gasteiger partial charge in [0.15, 0.2) is 0 Å². The van der Waals surface area contributed by atoms with Crippen molar-refractivity contribution in [2.24, 2.45) is 0 Å². The largest absolute Gasteiger partial charge is 0.322 e. The van der Waals surface area contributed by atoms with Crippen LogP contribution in [0.15, 0.2) is 75.4 Å². The van der Waals surface area contributed by atoms with Crippen molar-refractivity contribution in [1.29, 1.82) is 0 Å². The first-order valence-electron chi connectivity index (χ1n) is 13.2. The van der Waals surface area contributed by atoms with E-state index in [4.69, 9.17) is 11.6 Å². The molecule has 1 aliphatic rings. The highest BCUT2D eigenvalue weighted by Crippen LogP contribution is 2.36. The van der Waals surface area contributed by atoms with Gasteiger partial charge in [0.2, 0.25) is 10.0 Å². The molecule has 0 spiro atoms. The summed E-state index contributed by atoms with van der Waals surface area (Å²) < 4.78 is 56.1. The zero-order valence-corrected chi connectivity index (χ0v) is 24.8. The molecular weight excluding hydrogens is 576 g/mol. The minimum Gasteiger partial charge on any atom is -0.321 e. The van der Waals surface area contributed by atoms with Crippen molar-refractivity contribution in [3.05, 3.63) is 82.9 Å². The maximum absolute atomic E-state index is 14.4. The number of urea groups is 1. The lowest BCUT2D eigenvalue weighted by atomic mass is 9.95. The number of anilines is 1. The maximum Gasteiger partial charge on any atom is 0.322 e. The van der Waals surface area contributed by atoms with Gasteiger partial charge < -0.3 is 10.2 Å². The molecule has 0 saturated carbocycles. The number of carbonyl (C=O) groups excluding carboxylic acids is 1. The molecule has 214 valence electrons. The fraction of sp³-hybridized carbons (Fsp3) is 0.345. The number of likely N-dealkylation sites (tertiary alicyclic amines) is 1. The van der Waals surface area contributed by atoms with E-state index in [1.54, 1.807) is 36.9 Å². The van der Waals surface area contributed by atoms with Crippen molar-refractivity contribution in [3.63, 3.8) is 0 Å². The van der Waals surface area contributed by atoms with E-state index < -0.39 is 27.7 Å². The number of nitrogens with zero attached hydrogens (tertiary/aromatic N) is 2. The average Bonchev–Trinajstić information content (AvgIpc) is 2.93. The summed E-state index contributed by atoms with van der Waals surface area (Å²) in [6, 6.07) is 14.5. The van der Waals surface area contributed by atoms with Crippen LogP contribution in [-0.2, 0) is 16.4 Å². The molecule has 2 amide bonds. The van der Waals surface area contributed by atoms with Crippen LogP contribution in [0.5, 0.6) is 0 Å². The maximum atomic E-state index is 14.4. The van der Waals surface area contributed by atoms with Crippen LogP contribution in [-0.4, -0.2) is 49.3 Å². The van der Waals surface area contributed by atoms with Crippen molar-refractivity contribution < 1.29 is 22.0 Å². The second-order valence-electron chi connectivity index (χ2n) is 9.52. The van der Waals surface area contributed by atoms with Gasteiger partial charge in [-0.3, -0.25) is 0 Å². The minimum absolute atomic E-state index is 0.0731. The Morgan fingerprint density at radius 2 is 1.77 bits per heavy atom. The van der Waals surface area contributed by atoms with Gasteiger partial charge in [-0.2, -0.15) is 4.31 Å². The lowest BCUT2D eigenvalue weighted by Crippen LogP contribution is -2.47. The summed E-state index contributed by atoms with van der Waals surface area (Å²) in [7, 11) is -3.78. The van der Waals surface area contributed by atoms with Gasteiger partial charge in [-0.05, 0) is 91.9 Å². The van der Waals surface area contributed by atoms with Gasteiger partial charge in [-0.15, -0.1) is 0 Å². The molecule has 1 unspecified atom stereocenters. The van der Waals surface area contributed by atoms with Crippen molar-refractivity contribution in [2.75, 3.05) is 25.0 Å². The van der Waals surface area contributed by atoms with Gasteiger partial charge in [-0.1, -0.05) is 37.2 Å². The van der Waals surface area contributed by atoms with Crippen LogP contribution >= 0.6 is 23.4 Å². The van der Waals surface area contributed by atoms with E-state index in [2.05, 4.69) is 5.32 Å². The van der Waals surface area contributed by atoms with Crippen LogP contribution in [0.25, 0.3) is 0 Å². The number of halogens is 3. The Balaban J connectivity index is 1.65. The van der Waals surface area contributed by atoms with Crippen molar-refractivity contribution in [1.82, 2.24) is 9.21 Å². The number of piperidine rings is 1. The van der Waals surface area contributed by atoms with Crippen LogP contribution < -0.4 is 5.32 Å². The predicted octanol–water partition coefficient (Wildman–Crippen LogP) is 7.43. The molecule has 1 fully saturated rings. The number of hydrogen-bond donors (Lipinski definition) is 1. The Labute approximate surface area is 243 Å². The van der Waals surface area contributed by atoms with E-state index in [0.717, 1.165) is 29.9 Å². The molecule has 4 rings (SSSR count). The number of sulfonamides is 1. The van der Waals surface area contributed by atoms with E-state index >= 15 is 0 Å². The van der Waals surface area contributed by atoms with E-state index in [-0.39, 0.29) is 22.9 Å². The highest BCUT2D eigenvalue weighted by atomic mass is 35.5. The molecule has 1 atom stereocenters. The van der Waals surface area contributed by atoms with Gasteiger partial charge in [-0.25, -0.2) is 22.0 Å². The quantitative estimate of drug-likeness (QED) is 0.275. The number of hydrogen-bond acceptors (Lipinski definition) is 4. The molecule has 11 heteroatoms. The lowest BCUT2D eigenvalue weighted by Gasteiger charge is -2.36. The Bertz CT molecular complexity index is 1450. The molecule has 0 radical (unpaired) electrons. The molecular formula is C29H32ClF2N3O3S2. The fourth-order valence-electron chi connectivity index (χ4n) is 4.82. The topological polar surface area (TPSA) is 69.7 Å². The molecule has 3 aromatic carbocycles. The van der Waals surface area contributed by atoms with Crippen molar-refractivity contribution in [2.45, 2.75) is 60.3 Å². The molecule has 40 heavy (non-hydrogen) atoms. The normalized spacial score (nSPS) is 15.8. The number of carbonyl (C=O) groups is 1. The number of nitrogens with one attached hydrogen (secondary N) is 1. The third-order valence-electron chi connectivity index (χ3n) is 6.93. The summed E-state index contributed by atoms with van der Waals surface area (Å²) in [5, 5.41) is 3.52. The first-order chi connectivity index (χ1) is 19.1. The predicted molar refractivity (Wildman–Crippen MR) is 156 cm³/mol. The van der Waals surface area contributed by atoms with Crippen molar-refractivity contribution >= 4 is 45.1 Å². The Kier molecular flexibility index (Phi) is 10.1. The summed E-state index contributed by atoms with van der Waals surface area (Å²) in [6.45, 7) is 4.62. The van der Waals surface area contributed by atoms with E-state index in [0.29, 0.717) is 41.7 Å². The van der Waals surface area contributed by atoms with Gasteiger partial charge in [0.25, 0.3) is 0 Å². The minimum atomic E-state index is -3.78. The molecule has 3 aromatic rings. The Morgan fingerprint density at radius 3 is 2.48 bits per heavy atom. The average molecular weight is 608 g/mol. The molecule has 6 nitrogen and oxygen atoms in total. The summed E-state index contributed by atoms with van der Waals surface area (Å²) in [5.41, 5.74) is 0.565. The first-order valence-corrected chi connectivity index (χ1v) is 15.8. The highest BCUT2D eigenvalue weighted by Gasteiger charge is 2.29. The molecule has 1 aliphatic heterocycles. The standard InChI is InChI=1S/C29H32ClF2N3O3S2/c1-3-34(4-2)40(37,38)25-13-15-28(39-24-11-8-21(30)9-12-24)27(19-25)33-29(36)35-16-6-5-7-23(35)18-20-17-22(31)10-14-26(20)32/h8-15,17,19,23H,3-7,16,18H2,1-2H3,(H,33,36). The SMILES string of the molecule is CCN(CC)S(=O)(=O)c1ccc(Sc2ccc(Cl)cc2)c(NC(=O)N2CCCCC2Cc2cc(F)ccc2F)c1. The van der Waals surface area contributed by atoms with Crippen LogP contribution in [0.2, 0.25) is 5.02 Å². The molecule has 1 saturated heterocycles. The van der Waals surface area contributed by atoms with Gasteiger partial charge in [0.05, 0.1) is 10.6 Å². The number of benzene rings is 3. The Hall–Kier alpha value is -2.66. The van der Waals surface area contributed by atoms with Gasteiger partial charge in [0, 0.05) is 40.5 Å². The summed E-state index contributed by atoms with van der Waals surface area (Å²) in [5.74, 6) is -1.04.